The standard InChI is InChI=1S/C7H5F2N3/c8-6(9)5-1-3-12-4-2-10-7(12)11-5/h1-4,6H. The average Bonchev–Trinajstić information content (AvgIpc) is 2.49. The third-order valence-electron chi connectivity index (χ3n) is 1.51. The highest BCUT2D eigenvalue weighted by Gasteiger charge is 2.08. The van der Waals surface area contributed by atoms with Crippen LogP contribution in [0.2, 0.25) is 0 Å². The van der Waals surface area contributed by atoms with E-state index in [4.69, 9.17) is 0 Å². The molecule has 0 atom stereocenters. The molecule has 0 saturated heterocycles. The highest BCUT2D eigenvalue weighted by molar-refractivity contribution is 5.28. The average molecular weight is 169 g/mol. The number of hydrogen-bond donors (Lipinski definition) is 0. The maximum absolute atomic E-state index is 12.1. The highest BCUT2D eigenvalue weighted by atomic mass is 19.3. The van der Waals surface area contributed by atoms with Crippen molar-refractivity contribution in [2.45, 2.75) is 6.43 Å². The molecule has 0 saturated carbocycles. The van der Waals surface area contributed by atoms with E-state index in [9.17, 15) is 8.78 Å². The molecule has 0 unspecified atom stereocenters. The van der Waals surface area contributed by atoms with Gasteiger partial charge in [-0.1, -0.05) is 0 Å². The summed E-state index contributed by atoms with van der Waals surface area (Å²) in [5.74, 6) is 0.299. The zero-order valence-electron chi connectivity index (χ0n) is 5.98. The van der Waals surface area contributed by atoms with Gasteiger partial charge in [-0.25, -0.2) is 18.7 Å². The molecule has 3 nitrogen and oxygen atoms in total. The topological polar surface area (TPSA) is 30.2 Å². The number of alkyl halides is 2. The molecule has 5 heteroatoms. The van der Waals surface area contributed by atoms with Crippen molar-refractivity contribution < 1.29 is 8.78 Å². The van der Waals surface area contributed by atoms with Crippen LogP contribution in [0.25, 0.3) is 5.78 Å². The maximum Gasteiger partial charge on any atom is 0.280 e. The van der Waals surface area contributed by atoms with Gasteiger partial charge >= 0.3 is 0 Å². The Labute approximate surface area is 66.7 Å². The van der Waals surface area contributed by atoms with E-state index < -0.39 is 6.43 Å². The molecule has 2 heterocycles. The van der Waals surface area contributed by atoms with Crippen LogP contribution in [-0.4, -0.2) is 14.4 Å². The number of imidazole rings is 1. The van der Waals surface area contributed by atoms with Gasteiger partial charge in [-0.2, -0.15) is 0 Å². The van der Waals surface area contributed by atoms with Crippen molar-refractivity contribution in [1.29, 1.82) is 0 Å². The Morgan fingerprint density at radius 3 is 2.92 bits per heavy atom. The van der Waals surface area contributed by atoms with Gasteiger partial charge in [-0.15, -0.1) is 0 Å². The molecular formula is C7H5F2N3. The van der Waals surface area contributed by atoms with Crippen LogP contribution in [0.5, 0.6) is 0 Å². The summed E-state index contributed by atoms with van der Waals surface area (Å²) in [5, 5.41) is 0. The number of rotatable bonds is 1. The first kappa shape index (κ1) is 7.15. The third-order valence-corrected chi connectivity index (χ3v) is 1.51. The lowest BCUT2D eigenvalue weighted by molar-refractivity contribution is 0.146. The molecular weight excluding hydrogens is 164 g/mol. The van der Waals surface area contributed by atoms with Gasteiger partial charge in [0.15, 0.2) is 0 Å². The van der Waals surface area contributed by atoms with Crippen LogP contribution >= 0.6 is 0 Å². The summed E-state index contributed by atoms with van der Waals surface area (Å²) in [7, 11) is 0. The molecule has 0 bridgehead atoms. The minimum Gasteiger partial charge on any atom is -0.291 e. The van der Waals surface area contributed by atoms with E-state index in [1.54, 1.807) is 10.6 Å². The summed E-state index contributed by atoms with van der Waals surface area (Å²) < 4.78 is 25.8. The molecule has 2 rings (SSSR count). The lowest BCUT2D eigenvalue weighted by Gasteiger charge is -1.97. The Kier molecular flexibility index (Phi) is 1.49. The molecule has 12 heavy (non-hydrogen) atoms. The van der Waals surface area contributed by atoms with Gasteiger partial charge < -0.3 is 0 Å². The second-order valence-corrected chi connectivity index (χ2v) is 2.29. The van der Waals surface area contributed by atoms with Crippen molar-refractivity contribution in [3.8, 4) is 0 Å². The summed E-state index contributed by atoms with van der Waals surface area (Å²) in [6.07, 6.45) is 2.14. The van der Waals surface area contributed by atoms with Crippen molar-refractivity contribution in [2.75, 3.05) is 0 Å². The number of halogens is 2. The Morgan fingerprint density at radius 1 is 1.33 bits per heavy atom. The molecule has 0 aliphatic carbocycles. The van der Waals surface area contributed by atoms with Gasteiger partial charge in [0.2, 0.25) is 5.78 Å². The van der Waals surface area contributed by atoms with Gasteiger partial charge in [0, 0.05) is 18.6 Å². The minimum atomic E-state index is -2.54. The van der Waals surface area contributed by atoms with Crippen LogP contribution in [-0.2, 0) is 0 Å². The quantitative estimate of drug-likeness (QED) is 0.649. The molecule has 0 amide bonds. The Balaban J connectivity index is 2.60. The summed E-state index contributed by atoms with van der Waals surface area (Å²) >= 11 is 0. The summed E-state index contributed by atoms with van der Waals surface area (Å²) in [5.41, 5.74) is -0.242. The molecule has 0 spiro atoms. The molecule has 0 radical (unpaired) electrons. The number of hydrogen-bond acceptors (Lipinski definition) is 2. The smallest absolute Gasteiger partial charge is 0.280 e. The van der Waals surface area contributed by atoms with E-state index in [1.165, 1.54) is 18.5 Å². The Hall–Kier alpha value is -1.52. The van der Waals surface area contributed by atoms with Gasteiger partial charge in [-0.05, 0) is 6.07 Å². The van der Waals surface area contributed by atoms with E-state index in [1.807, 2.05) is 0 Å². The van der Waals surface area contributed by atoms with E-state index in [-0.39, 0.29) is 5.69 Å². The zero-order valence-corrected chi connectivity index (χ0v) is 5.98. The minimum absolute atomic E-state index is 0.242. The first-order valence-electron chi connectivity index (χ1n) is 3.35. The predicted octanol–water partition coefficient (Wildman–Crippen LogP) is 1.67. The first-order chi connectivity index (χ1) is 5.77. The molecule has 0 aliphatic rings. The van der Waals surface area contributed by atoms with E-state index in [0.29, 0.717) is 5.78 Å². The van der Waals surface area contributed by atoms with Gasteiger partial charge in [-0.3, -0.25) is 4.40 Å². The molecule has 0 fully saturated rings. The normalized spacial score (nSPS) is 11.2. The molecule has 2 aromatic rings. The summed E-state index contributed by atoms with van der Waals surface area (Å²) in [4.78, 5) is 7.42. The van der Waals surface area contributed by atoms with Crippen molar-refractivity contribution in [1.82, 2.24) is 14.4 Å². The van der Waals surface area contributed by atoms with Crippen molar-refractivity contribution in [3.05, 3.63) is 30.4 Å². The lowest BCUT2D eigenvalue weighted by Crippen LogP contribution is -1.94. The molecule has 0 N–H and O–H groups in total. The van der Waals surface area contributed by atoms with Gasteiger partial charge in [0.05, 0.1) is 0 Å². The van der Waals surface area contributed by atoms with Gasteiger partial charge in [0.1, 0.15) is 5.69 Å². The molecule has 62 valence electrons. The first-order valence-corrected chi connectivity index (χ1v) is 3.35. The van der Waals surface area contributed by atoms with Crippen molar-refractivity contribution in [2.24, 2.45) is 0 Å². The van der Waals surface area contributed by atoms with Crippen LogP contribution in [0, 0.1) is 0 Å². The van der Waals surface area contributed by atoms with Crippen LogP contribution in [0.3, 0.4) is 0 Å². The fourth-order valence-electron chi connectivity index (χ4n) is 0.939. The van der Waals surface area contributed by atoms with Gasteiger partial charge in [0.25, 0.3) is 6.43 Å². The number of aromatic nitrogens is 3. The highest BCUT2D eigenvalue weighted by Crippen LogP contribution is 2.15. The van der Waals surface area contributed by atoms with Crippen LogP contribution < -0.4 is 0 Å². The molecule has 0 aromatic carbocycles. The fraction of sp³-hybridized carbons (Fsp3) is 0.143. The zero-order chi connectivity index (χ0) is 8.55. The fourth-order valence-corrected chi connectivity index (χ4v) is 0.939. The van der Waals surface area contributed by atoms with E-state index >= 15 is 0 Å². The number of fused-ring (bicyclic) bond motifs is 1. The Morgan fingerprint density at radius 2 is 2.17 bits per heavy atom. The predicted molar refractivity (Wildman–Crippen MR) is 37.9 cm³/mol. The third kappa shape index (κ3) is 1.03. The van der Waals surface area contributed by atoms with Crippen LogP contribution in [0.15, 0.2) is 24.7 Å². The Bertz CT molecular complexity index is 396. The van der Waals surface area contributed by atoms with Crippen LogP contribution in [0.4, 0.5) is 8.78 Å². The largest absolute Gasteiger partial charge is 0.291 e. The summed E-state index contributed by atoms with van der Waals surface area (Å²) in [6, 6.07) is 1.28. The summed E-state index contributed by atoms with van der Waals surface area (Å²) in [6.45, 7) is 0. The van der Waals surface area contributed by atoms with Crippen LogP contribution in [0.1, 0.15) is 12.1 Å². The van der Waals surface area contributed by atoms with E-state index in [2.05, 4.69) is 9.97 Å². The van der Waals surface area contributed by atoms with Crippen molar-refractivity contribution >= 4 is 5.78 Å². The maximum atomic E-state index is 12.1. The lowest BCUT2D eigenvalue weighted by atomic mass is 10.4. The van der Waals surface area contributed by atoms with Crippen molar-refractivity contribution in [3.63, 3.8) is 0 Å². The molecule has 2 aromatic heterocycles. The monoisotopic (exact) mass is 169 g/mol. The molecule has 0 aliphatic heterocycles. The van der Waals surface area contributed by atoms with E-state index in [0.717, 1.165) is 0 Å². The number of nitrogens with zero attached hydrogens (tertiary/aromatic N) is 3. The SMILES string of the molecule is FC(F)c1ccn2ccnc2n1. The second-order valence-electron chi connectivity index (χ2n) is 2.29. The second kappa shape index (κ2) is 2.51.